The van der Waals surface area contributed by atoms with E-state index >= 15 is 0 Å². The second kappa shape index (κ2) is 1.28. The van der Waals surface area contributed by atoms with E-state index in [4.69, 9.17) is 0 Å². The van der Waals surface area contributed by atoms with Gasteiger partial charge in [0.1, 0.15) is 0 Å². The minimum Gasteiger partial charge on any atom is -0.289 e. The fourth-order valence-electron chi connectivity index (χ4n) is 0.780. The van der Waals surface area contributed by atoms with Gasteiger partial charge in [0.05, 0.1) is 13.1 Å². The lowest BCUT2D eigenvalue weighted by Gasteiger charge is -2.39. The molecule has 0 spiro atoms. The van der Waals surface area contributed by atoms with E-state index in [0.717, 1.165) is 13.1 Å². The first-order valence-electron chi connectivity index (χ1n) is 2.83. The average Bonchev–Trinajstić information content (AvgIpc) is 1.47. The summed E-state index contributed by atoms with van der Waals surface area (Å²) in [6, 6.07) is 0. The molecule has 2 aliphatic heterocycles. The van der Waals surface area contributed by atoms with Gasteiger partial charge in [-0.1, -0.05) is 0 Å². The third kappa shape index (κ3) is 0.372. The Kier molecular flexibility index (Phi) is 0.640. The Labute approximate surface area is 48.7 Å². The first kappa shape index (κ1) is 4.01. The van der Waals surface area contributed by atoms with E-state index in [-0.39, 0.29) is 0 Å². The zero-order chi connectivity index (χ0) is 5.40. The maximum absolute atomic E-state index is 2.18. The molecule has 0 aliphatic carbocycles. The predicted molar refractivity (Wildman–Crippen MR) is 31.7 cm³/mol. The molecule has 0 N–H and O–H groups in total. The molecule has 2 nitrogen and oxygen atoms in total. The smallest absolute Gasteiger partial charge is 0.0587 e. The van der Waals surface area contributed by atoms with Crippen LogP contribution in [0.5, 0.6) is 0 Å². The molecule has 2 aliphatic rings. The molecule has 2 rings (SSSR count). The summed E-state index contributed by atoms with van der Waals surface area (Å²) in [7, 11) is 0. The zero-order valence-electron chi connectivity index (χ0n) is 4.62. The van der Waals surface area contributed by atoms with Crippen LogP contribution in [0.2, 0.25) is 0 Å². The molecule has 2 heterocycles. The second-order valence-corrected chi connectivity index (χ2v) is 2.01. The van der Waals surface area contributed by atoms with E-state index in [1.807, 2.05) is 0 Å². The molecular weight excluding hydrogens is 100 g/mol. The summed E-state index contributed by atoms with van der Waals surface area (Å²) in [6.45, 7) is 2.18. The molecule has 0 aromatic heterocycles. The van der Waals surface area contributed by atoms with Gasteiger partial charge in [0.2, 0.25) is 0 Å². The largest absolute Gasteiger partial charge is 0.289 e. The molecule has 0 atom stereocenters. The Hall–Kier alpha value is -0.920. The maximum Gasteiger partial charge on any atom is 0.0587 e. The third-order valence-corrected chi connectivity index (χ3v) is 1.47. The minimum atomic E-state index is 1.09. The van der Waals surface area contributed by atoms with E-state index in [0.29, 0.717) is 0 Å². The van der Waals surface area contributed by atoms with E-state index < -0.39 is 0 Å². The van der Waals surface area contributed by atoms with Crippen molar-refractivity contribution < 1.29 is 0 Å². The van der Waals surface area contributed by atoms with Gasteiger partial charge in [-0.3, -0.25) is 10.0 Å². The third-order valence-electron chi connectivity index (χ3n) is 1.47. The summed E-state index contributed by atoms with van der Waals surface area (Å²) in [5.74, 6) is 0. The van der Waals surface area contributed by atoms with Crippen molar-refractivity contribution in [3.8, 4) is 0 Å². The van der Waals surface area contributed by atoms with Crippen LogP contribution in [0, 0.1) is 0 Å². The number of hydrazine groups is 1. The summed E-state index contributed by atoms with van der Waals surface area (Å²) in [6.07, 6.45) is 8.46. The zero-order valence-corrected chi connectivity index (χ0v) is 4.62. The molecule has 0 fully saturated rings. The molecule has 0 aromatic rings. The van der Waals surface area contributed by atoms with Crippen LogP contribution in [0.25, 0.3) is 0 Å². The van der Waals surface area contributed by atoms with Gasteiger partial charge < -0.3 is 0 Å². The van der Waals surface area contributed by atoms with Crippen LogP contribution in [0.4, 0.5) is 0 Å². The van der Waals surface area contributed by atoms with Crippen molar-refractivity contribution >= 4 is 0 Å². The average molecular weight is 108 g/mol. The Bertz CT molecular complexity index is 131. The van der Waals surface area contributed by atoms with Crippen LogP contribution in [0.3, 0.4) is 0 Å². The highest BCUT2D eigenvalue weighted by atomic mass is 15.6. The first-order valence-corrected chi connectivity index (χ1v) is 2.83. The van der Waals surface area contributed by atoms with Gasteiger partial charge in [-0.25, -0.2) is 0 Å². The van der Waals surface area contributed by atoms with Gasteiger partial charge in [0, 0.05) is 12.4 Å². The van der Waals surface area contributed by atoms with E-state index in [1.165, 1.54) is 0 Å². The topological polar surface area (TPSA) is 6.48 Å². The van der Waals surface area contributed by atoms with Crippen LogP contribution in [0.15, 0.2) is 24.6 Å². The maximum atomic E-state index is 2.18. The molecule has 0 aromatic carbocycles. The van der Waals surface area contributed by atoms with Crippen molar-refractivity contribution in [1.82, 2.24) is 10.0 Å². The molecule has 0 bridgehead atoms. The van der Waals surface area contributed by atoms with Crippen molar-refractivity contribution in [3.63, 3.8) is 0 Å². The SMILES string of the molecule is C1=CN(N2C=CC2)C1. The quantitative estimate of drug-likeness (QED) is 0.484. The van der Waals surface area contributed by atoms with Gasteiger partial charge in [-0.15, -0.1) is 0 Å². The summed E-state index contributed by atoms with van der Waals surface area (Å²) < 4.78 is 0. The fraction of sp³-hybridized carbons (Fsp3) is 0.333. The number of hydrogen-bond acceptors (Lipinski definition) is 2. The molecule has 2 heteroatoms. The van der Waals surface area contributed by atoms with Gasteiger partial charge >= 0.3 is 0 Å². The normalized spacial score (nSPS) is 23.0. The monoisotopic (exact) mass is 108 g/mol. The Morgan fingerprint density at radius 3 is 1.38 bits per heavy atom. The predicted octanol–water partition coefficient (Wildman–Crippen LogP) is 0.560. The van der Waals surface area contributed by atoms with Gasteiger partial charge in [-0.05, 0) is 12.2 Å². The lowest BCUT2D eigenvalue weighted by Crippen LogP contribution is -2.43. The lowest BCUT2D eigenvalue weighted by molar-refractivity contribution is 0.0649. The van der Waals surface area contributed by atoms with E-state index in [9.17, 15) is 0 Å². The number of nitrogens with zero attached hydrogens (tertiary/aromatic N) is 2. The van der Waals surface area contributed by atoms with Crippen molar-refractivity contribution in [3.05, 3.63) is 24.6 Å². The Morgan fingerprint density at radius 2 is 1.25 bits per heavy atom. The molecule has 8 heavy (non-hydrogen) atoms. The summed E-state index contributed by atoms with van der Waals surface area (Å²) in [5.41, 5.74) is 0. The highest BCUT2D eigenvalue weighted by molar-refractivity contribution is 5.04. The Morgan fingerprint density at radius 1 is 0.875 bits per heavy atom. The standard InChI is InChI=1S/C6H8N2/c1-3-7(4-1)8-5-2-6-8/h1-3,5H,4,6H2. The van der Waals surface area contributed by atoms with Crippen molar-refractivity contribution in [2.75, 3.05) is 13.1 Å². The second-order valence-electron chi connectivity index (χ2n) is 2.01. The van der Waals surface area contributed by atoms with Gasteiger partial charge in [0.25, 0.3) is 0 Å². The molecule has 0 saturated heterocycles. The molecule has 42 valence electrons. The molecule has 0 radical (unpaired) electrons. The lowest BCUT2D eigenvalue weighted by atomic mass is 10.4. The van der Waals surface area contributed by atoms with Crippen LogP contribution >= 0.6 is 0 Å². The fourth-order valence-corrected chi connectivity index (χ4v) is 0.780. The number of hydrogen-bond donors (Lipinski definition) is 0. The van der Waals surface area contributed by atoms with Gasteiger partial charge in [0.15, 0.2) is 0 Å². The highest BCUT2D eigenvalue weighted by Crippen LogP contribution is 2.12. The minimum absolute atomic E-state index is 1.09. The van der Waals surface area contributed by atoms with Crippen molar-refractivity contribution in [2.24, 2.45) is 0 Å². The molecule has 0 amide bonds. The summed E-state index contributed by atoms with van der Waals surface area (Å²) >= 11 is 0. The van der Waals surface area contributed by atoms with Crippen LogP contribution < -0.4 is 0 Å². The van der Waals surface area contributed by atoms with Crippen LogP contribution in [-0.2, 0) is 0 Å². The van der Waals surface area contributed by atoms with Crippen LogP contribution in [-0.4, -0.2) is 23.1 Å². The Balaban J connectivity index is 1.98. The van der Waals surface area contributed by atoms with E-state index in [1.54, 1.807) is 0 Å². The van der Waals surface area contributed by atoms with Crippen molar-refractivity contribution in [2.45, 2.75) is 0 Å². The highest BCUT2D eigenvalue weighted by Gasteiger charge is 2.13. The summed E-state index contributed by atoms with van der Waals surface area (Å²) in [4.78, 5) is 0. The van der Waals surface area contributed by atoms with Crippen molar-refractivity contribution in [1.29, 1.82) is 0 Å². The first-order chi connectivity index (χ1) is 3.97. The summed E-state index contributed by atoms with van der Waals surface area (Å²) in [5, 5.41) is 4.36. The molecule has 0 saturated carbocycles. The van der Waals surface area contributed by atoms with E-state index in [2.05, 4.69) is 34.6 Å². The van der Waals surface area contributed by atoms with Crippen LogP contribution in [0.1, 0.15) is 0 Å². The molecular formula is C6H8N2. The molecule has 0 unspecified atom stereocenters. The van der Waals surface area contributed by atoms with Gasteiger partial charge in [-0.2, -0.15) is 0 Å². The number of rotatable bonds is 1.